The average molecular weight is 371 g/mol. The molecule has 26 heavy (non-hydrogen) atoms. The van der Waals surface area contributed by atoms with Crippen LogP contribution >= 0.6 is 0 Å². The normalized spacial score (nSPS) is 14.7. The first-order chi connectivity index (χ1) is 11.9. The van der Waals surface area contributed by atoms with Crippen molar-refractivity contribution >= 4 is 18.0 Å². The molecule has 4 nitrogen and oxygen atoms in total. The van der Waals surface area contributed by atoms with E-state index in [2.05, 4.69) is 0 Å². The van der Waals surface area contributed by atoms with Gasteiger partial charge in [-0.2, -0.15) is 13.2 Å². The minimum atomic E-state index is -5.08. The van der Waals surface area contributed by atoms with Crippen LogP contribution in [-0.2, 0) is 14.3 Å². The first-order valence-electron chi connectivity index (χ1n) is 8.28. The van der Waals surface area contributed by atoms with Gasteiger partial charge in [0.2, 0.25) is 0 Å². The van der Waals surface area contributed by atoms with Gasteiger partial charge in [-0.05, 0) is 32.8 Å². The molecule has 0 saturated heterocycles. The number of ether oxygens (including phenoxy) is 1. The standard InChI is InChI=1S/C19H24F3NO3/c1-5-14(12-11-13-9-7-6-8-10-13)15(16(24)26-18(2,3)4)23-17(25)19(20,21)22/h6-12,14-15H,5H2,1-4H3,(H,23,25)/b12-11+/t14-,15-/m1/s1. The van der Waals surface area contributed by atoms with E-state index in [0.717, 1.165) is 5.56 Å². The van der Waals surface area contributed by atoms with E-state index < -0.39 is 35.6 Å². The van der Waals surface area contributed by atoms with Crippen molar-refractivity contribution in [1.82, 2.24) is 5.32 Å². The Kier molecular flexibility index (Phi) is 7.41. The van der Waals surface area contributed by atoms with Gasteiger partial charge < -0.3 is 10.1 Å². The average Bonchev–Trinajstić information content (AvgIpc) is 2.52. The summed E-state index contributed by atoms with van der Waals surface area (Å²) in [6.07, 6.45) is -1.43. The van der Waals surface area contributed by atoms with Gasteiger partial charge in [0.25, 0.3) is 0 Å². The maximum atomic E-state index is 12.6. The van der Waals surface area contributed by atoms with Gasteiger partial charge in [0.1, 0.15) is 11.6 Å². The lowest BCUT2D eigenvalue weighted by atomic mass is 9.95. The molecule has 0 aromatic heterocycles. The molecule has 1 aromatic carbocycles. The zero-order valence-electron chi connectivity index (χ0n) is 15.3. The smallest absolute Gasteiger partial charge is 0.458 e. The van der Waals surface area contributed by atoms with Crippen LogP contribution in [0.15, 0.2) is 36.4 Å². The molecule has 144 valence electrons. The molecule has 1 amide bonds. The first-order valence-corrected chi connectivity index (χ1v) is 8.28. The number of halogens is 3. The highest BCUT2D eigenvalue weighted by molar-refractivity contribution is 5.88. The Balaban J connectivity index is 3.08. The number of benzene rings is 1. The van der Waals surface area contributed by atoms with Gasteiger partial charge >= 0.3 is 18.1 Å². The Labute approximate surface area is 151 Å². The molecule has 0 aliphatic rings. The highest BCUT2D eigenvalue weighted by Gasteiger charge is 2.42. The lowest BCUT2D eigenvalue weighted by molar-refractivity contribution is -0.177. The van der Waals surface area contributed by atoms with Crippen molar-refractivity contribution < 1.29 is 27.5 Å². The topological polar surface area (TPSA) is 55.4 Å². The lowest BCUT2D eigenvalue weighted by Crippen LogP contribution is -2.51. The molecule has 0 heterocycles. The van der Waals surface area contributed by atoms with Crippen LogP contribution in [0.5, 0.6) is 0 Å². The van der Waals surface area contributed by atoms with E-state index in [1.54, 1.807) is 45.2 Å². The summed E-state index contributed by atoms with van der Waals surface area (Å²) in [6, 6.07) is 7.67. The van der Waals surface area contributed by atoms with Crippen molar-refractivity contribution in [3.05, 3.63) is 42.0 Å². The van der Waals surface area contributed by atoms with Crippen LogP contribution in [0.25, 0.3) is 6.08 Å². The molecule has 0 aliphatic carbocycles. The molecule has 0 radical (unpaired) electrons. The van der Waals surface area contributed by atoms with Gasteiger partial charge in [-0.25, -0.2) is 4.79 Å². The summed E-state index contributed by atoms with van der Waals surface area (Å²) in [5.74, 6) is -3.73. The second-order valence-electron chi connectivity index (χ2n) is 6.82. The van der Waals surface area contributed by atoms with Gasteiger partial charge in [-0.3, -0.25) is 4.79 Å². The zero-order valence-corrected chi connectivity index (χ0v) is 15.3. The van der Waals surface area contributed by atoms with Crippen molar-refractivity contribution in [2.75, 3.05) is 0 Å². The minimum Gasteiger partial charge on any atom is -0.458 e. The highest BCUT2D eigenvalue weighted by atomic mass is 19.4. The number of hydrogen-bond donors (Lipinski definition) is 1. The summed E-state index contributed by atoms with van der Waals surface area (Å²) in [6.45, 7) is 6.54. The maximum absolute atomic E-state index is 12.6. The summed E-state index contributed by atoms with van der Waals surface area (Å²) >= 11 is 0. The number of carbonyl (C=O) groups is 2. The molecule has 0 saturated carbocycles. The van der Waals surface area contributed by atoms with E-state index >= 15 is 0 Å². The molecule has 1 aromatic rings. The Morgan fingerprint density at radius 2 is 1.73 bits per heavy atom. The zero-order chi connectivity index (χ0) is 20.0. The number of amides is 1. The minimum absolute atomic E-state index is 0.339. The fourth-order valence-corrected chi connectivity index (χ4v) is 2.21. The van der Waals surface area contributed by atoms with Crippen LogP contribution in [0.2, 0.25) is 0 Å². The molecule has 0 unspecified atom stereocenters. The fourth-order valence-electron chi connectivity index (χ4n) is 2.21. The number of carbonyl (C=O) groups excluding carboxylic acids is 2. The van der Waals surface area contributed by atoms with Gasteiger partial charge in [0.05, 0.1) is 0 Å². The monoisotopic (exact) mass is 371 g/mol. The summed E-state index contributed by atoms with van der Waals surface area (Å²) in [4.78, 5) is 23.8. The second kappa shape index (κ2) is 8.87. The van der Waals surface area contributed by atoms with Crippen LogP contribution in [-0.4, -0.2) is 29.7 Å². The number of esters is 1. The van der Waals surface area contributed by atoms with Crippen LogP contribution in [0.1, 0.15) is 39.7 Å². The summed E-state index contributed by atoms with van der Waals surface area (Å²) in [5.41, 5.74) is -0.0595. The van der Waals surface area contributed by atoms with E-state index in [1.165, 1.54) is 0 Å². The molecule has 7 heteroatoms. The van der Waals surface area contributed by atoms with Crippen molar-refractivity contribution in [2.45, 2.75) is 51.9 Å². The summed E-state index contributed by atoms with van der Waals surface area (Å²) < 4.78 is 43.1. The summed E-state index contributed by atoms with van der Waals surface area (Å²) in [7, 11) is 0. The van der Waals surface area contributed by atoms with Crippen LogP contribution in [0, 0.1) is 5.92 Å². The number of hydrogen-bond acceptors (Lipinski definition) is 3. The van der Waals surface area contributed by atoms with Crippen LogP contribution in [0.3, 0.4) is 0 Å². The van der Waals surface area contributed by atoms with Gasteiger partial charge in [0, 0.05) is 5.92 Å². The predicted molar refractivity (Wildman–Crippen MR) is 93.1 cm³/mol. The van der Waals surface area contributed by atoms with Crippen molar-refractivity contribution in [3.63, 3.8) is 0 Å². The Bertz CT molecular complexity index is 634. The van der Waals surface area contributed by atoms with Gasteiger partial charge in [-0.15, -0.1) is 0 Å². The lowest BCUT2D eigenvalue weighted by Gasteiger charge is -2.28. The Hall–Kier alpha value is -2.31. The van der Waals surface area contributed by atoms with Gasteiger partial charge in [0.15, 0.2) is 0 Å². The molecule has 0 bridgehead atoms. The Morgan fingerprint density at radius 3 is 2.19 bits per heavy atom. The SMILES string of the molecule is CC[C@H](/C=C/c1ccccc1)[C@@H](NC(=O)C(F)(F)F)C(=O)OC(C)(C)C. The quantitative estimate of drug-likeness (QED) is 0.766. The van der Waals surface area contributed by atoms with E-state index in [0.29, 0.717) is 6.42 Å². The summed E-state index contributed by atoms with van der Waals surface area (Å²) in [5, 5.41) is 1.78. The Morgan fingerprint density at radius 1 is 1.15 bits per heavy atom. The van der Waals surface area contributed by atoms with Gasteiger partial charge in [-0.1, -0.05) is 49.4 Å². The van der Waals surface area contributed by atoms with Crippen molar-refractivity contribution in [3.8, 4) is 0 Å². The molecule has 1 N–H and O–H groups in total. The number of alkyl halides is 3. The van der Waals surface area contributed by atoms with E-state index in [4.69, 9.17) is 4.74 Å². The molecular formula is C19H24F3NO3. The van der Waals surface area contributed by atoms with Crippen LogP contribution < -0.4 is 5.32 Å². The van der Waals surface area contributed by atoms with Crippen LogP contribution in [0.4, 0.5) is 13.2 Å². The first kappa shape index (κ1) is 21.7. The molecule has 1 rings (SSSR count). The third kappa shape index (κ3) is 7.29. The van der Waals surface area contributed by atoms with E-state index in [1.807, 2.05) is 30.3 Å². The molecule has 0 fully saturated rings. The van der Waals surface area contributed by atoms with Crippen molar-refractivity contribution in [2.24, 2.45) is 5.92 Å². The predicted octanol–water partition coefficient (Wildman–Crippen LogP) is 4.11. The van der Waals surface area contributed by atoms with Crippen molar-refractivity contribution in [1.29, 1.82) is 0 Å². The molecule has 2 atom stereocenters. The fraction of sp³-hybridized carbons (Fsp3) is 0.474. The molecule has 0 spiro atoms. The largest absolute Gasteiger partial charge is 0.471 e. The third-order valence-corrected chi connectivity index (χ3v) is 3.44. The third-order valence-electron chi connectivity index (χ3n) is 3.44. The van der Waals surface area contributed by atoms with E-state index in [9.17, 15) is 22.8 Å². The van der Waals surface area contributed by atoms with E-state index in [-0.39, 0.29) is 0 Å². The molecule has 0 aliphatic heterocycles. The molecular weight excluding hydrogens is 347 g/mol. The number of nitrogens with one attached hydrogen (secondary N) is 1. The highest BCUT2D eigenvalue weighted by Crippen LogP contribution is 2.21. The second-order valence-corrected chi connectivity index (χ2v) is 6.82. The number of rotatable bonds is 6. The maximum Gasteiger partial charge on any atom is 0.471 e.